The highest BCUT2D eigenvalue weighted by Gasteiger charge is 2.23. The van der Waals surface area contributed by atoms with E-state index in [0.29, 0.717) is 26.4 Å². The highest BCUT2D eigenvalue weighted by molar-refractivity contribution is 7.90. The summed E-state index contributed by atoms with van der Waals surface area (Å²) in [5.74, 6) is 5.91. The molecule has 0 saturated carbocycles. The first-order valence-electron chi connectivity index (χ1n) is 10.4. The molecule has 0 atom stereocenters. The van der Waals surface area contributed by atoms with Crippen LogP contribution in [0, 0.1) is 11.8 Å². The second kappa shape index (κ2) is 10.7. The quantitative estimate of drug-likeness (QED) is 0.328. The molecule has 2 heterocycles. The number of hydrogen-bond acceptors (Lipinski definition) is 8. The molecule has 3 aromatic rings. The molecule has 0 amide bonds. The van der Waals surface area contributed by atoms with Crippen molar-refractivity contribution < 1.29 is 17.9 Å². The van der Waals surface area contributed by atoms with Crippen molar-refractivity contribution in [3.63, 3.8) is 0 Å². The number of nitrogens with one attached hydrogen (secondary N) is 1. The van der Waals surface area contributed by atoms with E-state index in [2.05, 4.69) is 22.1 Å². The fraction of sp³-hybridized carbons (Fsp3) is 0.409. The van der Waals surface area contributed by atoms with Gasteiger partial charge in [0.05, 0.1) is 26.4 Å². The number of fused-ring (bicyclic) bond motifs is 1. The molecule has 0 aliphatic carbocycles. The average molecular weight is 490 g/mol. The van der Waals surface area contributed by atoms with Crippen LogP contribution in [0.5, 0.6) is 0 Å². The largest absolute Gasteiger partial charge is 0.383 e. The van der Waals surface area contributed by atoms with Gasteiger partial charge in [0.15, 0.2) is 11.2 Å². The van der Waals surface area contributed by atoms with E-state index in [0.717, 1.165) is 22.1 Å². The molecule has 1 N–H and O–H groups in total. The Balaban J connectivity index is 1.84. The fourth-order valence-corrected chi connectivity index (χ4v) is 4.16. The second-order valence-electron chi connectivity index (χ2n) is 7.55. The Bertz CT molecular complexity index is 1470. The average Bonchev–Trinajstić information content (AvgIpc) is 3.15. The van der Waals surface area contributed by atoms with E-state index in [-0.39, 0.29) is 22.9 Å². The van der Waals surface area contributed by atoms with E-state index >= 15 is 0 Å². The summed E-state index contributed by atoms with van der Waals surface area (Å²) >= 11 is 0. The van der Waals surface area contributed by atoms with Crippen molar-refractivity contribution in [2.45, 2.75) is 11.7 Å². The van der Waals surface area contributed by atoms with Gasteiger partial charge in [-0.05, 0) is 18.2 Å². The molecule has 1 aromatic carbocycles. The van der Waals surface area contributed by atoms with Crippen LogP contribution < -0.4 is 16.6 Å². The summed E-state index contributed by atoms with van der Waals surface area (Å²) in [5.41, 5.74) is 0.328. The fourth-order valence-electron chi connectivity index (χ4n) is 3.32. The van der Waals surface area contributed by atoms with Crippen molar-refractivity contribution in [2.75, 3.05) is 45.0 Å². The Morgan fingerprint density at radius 1 is 1.12 bits per heavy atom. The summed E-state index contributed by atoms with van der Waals surface area (Å²) < 4.78 is 37.8. The van der Waals surface area contributed by atoms with Gasteiger partial charge in [-0.25, -0.2) is 13.2 Å². The van der Waals surface area contributed by atoms with Gasteiger partial charge in [-0.1, -0.05) is 17.9 Å². The first-order chi connectivity index (χ1) is 16.1. The Hall–Kier alpha value is -3.40. The normalized spacial score (nSPS) is 11.4. The second-order valence-corrected chi connectivity index (χ2v) is 9.45. The predicted molar refractivity (Wildman–Crippen MR) is 128 cm³/mol. The smallest absolute Gasteiger partial charge is 0.333 e. The lowest BCUT2D eigenvalue weighted by Gasteiger charge is -2.07. The van der Waals surface area contributed by atoms with Crippen LogP contribution in [0.25, 0.3) is 11.2 Å². The maximum atomic E-state index is 12.7. The molecule has 0 saturated heterocycles. The molecule has 11 nitrogen and oxygen atoms in total. The van der Waals surface area contributed by atoms with Crippen LogP contribution in [0.15, 0.2) is 39.0 Å². The van der Waals surface area contributed by atoms with E-state index in [4.69, 9.17) is 9.47 Å². The Labute approximate surface area is 196 Å². The predicted octanol–water partition coefficient (Wildman–Crippen LogP) is -0.0362. The van der Waals surface area contributed by atoms with Crippen molar-refractivity contribution in [3.05, 3.63) is 50.7 Å². The molecule has 0 unspecified atom stereocenters. The molecular formula is C22H27N5O6S. The molecule has 0 spiro atoms. The number of ether oxygens (including phenoxy) is 2. The van der Waals surface area contributed by atoms with Crippen molar-refractivity contribution in [2.24, 2.45) is 14.1 Å². The van der Waals surface area contributed by atoms with Crippen molar-refractivity contribution in [1.82, 2.24) is 18.7 Å². The minimum Gasteiger partial charge on any atom is -0.383 e. The SMILES string of the molecule is COCCOCCNc1cccc(C#CCn2c(=O)n(C)c(=O)c3c2nc(S(C)(=O)=O)n3C)c1. The number of aromatic nitrogens is 4. The molecule has 0 radical (unpaired) electrons. The highest BCUT2D eigenvalue weighted by Crippen LogP contribution is 2.14. The Morgan fingerprint density at radius 3 is 2.59 bits per heavy atom. The van der Waals surface area contributed by atoms with Crippen molar-refractivity contribution >= 4 is 26.7 Å². The molecule has 0 aliphatic heterocycles. The van der Waals surface area contributed by atoms with Gasteiger partial charge in [0.2, 0.25) is 15.0 Å². The van der Waals surface area contributed by atoms with Crippen LogP contribution in [0.4, 0.5) is 5.69 Å². The van der Waals surface area contributed by atoms with Gasteiger partial charge >= 0.3 is 5.69 Å². The number of imidazole rings is 1. The topological polar surface area (TPSA) is 126 Å². The standard InChI is InChI=1S/C22H27N5O6S/c1-25-18-19(24-21(25)34(4,30)31)27(22(29)26(2)20(18)28)11-6-8-16-7-5-9-17(15-16)23-10-12-33-14-13-32-3/h5,7,9,15,23H,10-14H2,1-4H3. The number of aryl methyl sites for hydroxylation is 1. The molecule has 0 fully saturated rings. The van der Waals surface area contributed by atoms with Gasteiger partial charge < -0.3 is 19.4 Å². The zero-order valence-corrected chi connectivity index (χ0v) is 20.3. The van der Waals surface area contributed by atoms with Crippen molar-refractivity contribution in [1.29, 1.82) is 0 Å². The van der Waals surface area contributed by atoms with Gasteiger partial charge in [-0.15, -0.1) is 0 Å². The zero-order chi connectivity index (χ0) is 24.9. The van der Waals surface area contributed by atoms with Crippen LogP contribution in [-0.2, 0) is 40.0 Å². The molecule has 0 aliphatic rings. The molecule has 182 valence electrons. The maximum Gasteiger partial charge on any atom is 0.333 e. The maximum absolute atomic E-state index is 12.7. The monoisotopic (exact) mass is 489 g/mol. The number of benzene rings is 1. The minimum atomic E-state index is -3.71. The summed E-state index contributed by atoms with van der Waals surface area (Å²) in [6.45, 7) is 2.15. The van der Waals surface area contributed by atoms with Crippen LogP contribution in [0.1, 0.15) is 5.56 Å². The summed E-state index contributed by atoms with van der Waals surface area (Å²) in [6.07, 6.45) is 0.994. The Kier molecular flexibility index (Phi) is 7.93. The first-order valence-corrected chi connectivity index (χ1v) is 12.3. The number of rotatable bonds is 9. The lowest BCUT2D eigenvalue weighted by Crippen LogP contribution is -2.38. The van der Waals surface area contributed by atoms with Crippen LogP contribution in [0.2, 0.25) is 0 Å². The van der Waals surface area contributed by atoms with Gasteiger partial charge in [0.25, 0.3) is 5.56 Å². The number of nitrogens with zero attached hydrogens (tertiary/aromatic N) is 4. The van der Waals surface area contributed by atoms with Crippen molar-refractivity contribution in [3.8, 4) is 11.8 Å². The number of anilines is 1. The zero-order valence-electron chi connectivity index (χ0n) is 19.5. The minimum absolute atomic E-state index is 0.0169. The van der Waals surface area contributed by atoms with Gasteiger partial charge in [-0.2, -0.15) is 4.98 Å². The van der Waals surface area contributed by atoms with Gasteiger partial charge in [0, 0.05) is 45.3 Å². The number of hydrogen-bond donors (Lipinski definition) is 1. The lowest BCUT2D eigenvalue weighted by atomic mass is 10.2. The molecule has 12 heteroatoms. The van der Waals surface area contributed by atoms with E-state index in [1.807, 2.05) is 24.3 Å². The third-order valence-corrected chi connectivity index (χ3v) is 6.02. The third-order valence-electron chi connectivity index (χ3n) is 4.99. The van der Waals surface area contributed by atoms with Crippen LogP contribution in [0.3, 0.4) is 0 Å². The third kappa shape index (κ3) is 5.56. The molecule has 2 aromatic heterocycles. The summed E-state index contributed by atoms with van der Waals surface area (Å²) in [7, 11) is 0.667. The highest BCUT2D eigenvalue weighted by atomic mass is 32.2. The van der Waals surface area contributed by atoms with Crippen LogP contribution in [-0.4, -0.2) is 66.8 Å². The summed E-state index contributed by atoms with van der Waals surface area (Å²) in [5, 5.41) is 2.95. The number of methoxy groups -OCH3 is 1. The molecular weight excluding hydrogens is 462 g/mol. The molecule has 0 bridgehead atoms. The van der Waals surface area contributed by atoms with E-state index in [1.54, 1.807) is 7.11 Å². The van der Waals surface area contributed by atoms with E-state index in [1.165, 1.54) is 23.2 Å². The summed E-state index contributed by atoms with van der Waals surface area (Å²) in [6, 6.07) is 7.45. The first kappa shape index (κ1) is 25.2. The van der Waals surface area contributed by atoms with E-state index < -0.39 is 21.1 Å². The number of sulfone groups is 1. The molecule has 3 rings (SSSR count). The lowest BCUT2D eigenvalue weighted by molar-refractivity contribution is 0.0759. The van der Waals surface area contributed by atoms with Gasteiger partial charge in [-0.3, -0.25) is 13.9 Å². The summed E-state index contributed by atoms with van der Waals surface area (Å²) in [4.78, 5) is 29.4. The van der Waals surface area contributed by atoms with Gasteiger partial charge in [0.1, 0.15) is 0 Å². The van der Waals surface area contributed by atoms with Crippen LogP contribution >= 0.6 is 0 Å². The Morgan fingerprint density at radius 2 is 1.88 bits per heavy atom. The molecule has 34 heavy (non-hydrogen) atoms. The van der Waals surface area contributed by atoms with E-state index in [9.17, 15) is 18.0 Å².